The summed E-state index contributed by atoms with van der Waals surface area (Å²) in [6.07, 6.45) is 0. The maximum Gasteiger partial charge on any atom is 0.338 e. The minimum Gasteiger partial charge on any atom is -0.497 e. The lowest BCUT2D eigenvalue weighted by atomic mass is 10.2. The normalized spacial score (nSPS) is 9.96. The Balaban J connectivity index is 1.95. The molecule has 2 rings (SSSR count). The molecule has 0 saturated carbocycles. The van der Waals surface area contributed by atoms with Gasteiger partial charge < -0.3 is 19.5 Å². The van der Waals surface area contributed by atoms with Gasteiger partial charge in [0.25, 0.3) is 5.91 Å². The zero-order chi connectivity index (χ0) is 17.5. The number of amides is 1. The Morgan fingerprint density at radius 2 is 1.88 bits per heavy atom. The molecular formula is C17H16INO5. The summed E-state index contributed by atoms with van der Waals surface area (Å²) < 4.78 is 16.2. The zero-order valence-corrected chi connectivity index (χ0v) is 15.3. The van der Waals surface area contributed by atoms with Crippen LogP contribution in [0.1, 0.15) is 10.4 Å². The van der Waals surface area contributed by atoms with Gasteiger partial charge in [0.15, 0.2) is 6.61 Å². The molecule has 126 valence electrons. The first kappa shape index (κ1) is 18.1. The highest BCUT2D eigenvalue weighted by Gasteiger charge is 2.13. The average molecular weight is 441 g/mol. The van der Waals surface area contributed by atoms with Crippen LogP contribution in [0.25, 0.3) is 0 Å². The lowest BCUT2D eigenvalue weighted by Crippen LogP contribution is -2.21. The molecule has 0 aliphatic carbocycles. The van der Waals surface area contributed by atoms with Crippen LogP contribution in [-0.2, 0) is 9.53 Å². The summed E-state index contributed by atoms with van der Waals surface area (Å²) in [6, 6.07) is 11.9. The Morgan fingerprint density at radius 1 is 1.08 bits per heavy atom. The van der Waals surface area contributed by atoms with Crippen molar-refractivity contribution in [1.82, 2.24) is 0 Å². The van der Waals surface area contributed by atoms with Crippen LogP contribution in [0.3, 0.4) is 0 Å². The number of ether oxygens (including phenoxy) is 3. The van der Waals surface area contributed by atoms with Crippen molar-refractivity contribution >= 4 is 40.2 Å². The van der Waals surface area contributed by atoms with E-state index in [1.54, 1.807) is 36.4 Å². The maximum atomic E-state index is 12.0. The fourth-order valence-corrected chi connectivity index (χ4v) is 2.46. The van der Waals surface area contributed by atoms with Gasteiger partial charge in [-0.25, -0.2) is 4.79 Å². The van der Waals surface area contributed by atoms with Gasteiger partial charge in [-0.2, -0.15) is 0 Å². The van der Waals surface area contributed by atoms with Crippen molar-refractivity contribution in [3.63, 3.8) is 0 Å². The van der Waals surface area contributed by atoms with Crippen molar-refractivity contribution in [2.24, 2.45) is 0 Å². The molecule has 2 aromatic carbocycles. The van der Waals surface area contributed by atoms with Gasteiger partial charge >= 0.3 is 5.97 Å². The highest BCUT2D eigenvalue weighted by atomic mass is 127. The molecule has 1 N–H and O–H groups in total. The number of anilines is 1. The van der Waals surface area contributed by atoms with Gasteiger partial charge in [0.1, 0.15) is 11.5 Å². The predicted octanol–water partition coefficient (Wildman–Crippen LogP) is 3.10. The van der Waals surface area contributed by atoms with E-state index in [1.807, 2.05) is 6.07 Å². The van der Waals surface area contributed by atoms with Crippen LogP contribution in [0.2, 0.25) is 0 Å². The zero-order valence-electron chi connectivity index (χ0n) is 13.2. The van der Waals surface area contributed by atoms with Crippen molar-refractivity contribution < 1.29 is 23.8 Å². The molecule has 0 fully saturated rings. The highest BCUT2D eigenvalue weighted by Crippen LogP contribution is 2.28. The lowest BCUT2D eigenvalue weighted by Gasteiger charge is -2.11. The van der Waals surface area contributed by atoms with E-state index in [4.69, 9.17) is 14.2 Å². The minimum absolute atomic E-state index is 0.389. The number of hydrogen-bond donors (Lipinski definition) is 1. The van der Waals surface area contributed by atoms with Crippen LogP contribution >= 0.6 is 22.6 Å². The summed E-state index contributed by atoms with van der Waals surface area (Å²) in [4.78, 5) is 23.9. The molecule has 0 heterocycles. The number of benzene rings is 2. The number of methoxy groups -OCH3 is 2. The molecule has 0 spiro atoms. The first-order valence-electron chi connectivity index (χ1n) is 6.98. The summed E-state index contributed by atoms with van der Waals surface area (Å²) >= 11 is 2.10. The number of halogens is 1. The molecule has 0 aromatic heterocycles. The van der Waals surface area contributed by atoms with Gasteiger partial charge in [-0.15, -0.1) is 0 Å². The SMILES string of the molecule is COc1ccc(NC(=O)COC(=O)c2cccc(I)c2)c(OC)c1. The topological polar surface area (TPSA) is 73.9 Å². The van der Waals surface area contributed by atoms with Crippen molar-refractivity contribution in [2.75, 3.05) is 26.1 Å². The predicted molar refractivity (Wildman–Crippen MR) is 97.6 cm³/mol. The molecule has 7 heteroatoms. The number of carbonyl (C=O) groups is 2. The second-order valence-corrected chi connectivity index (χ2v) is 5.95. The summed E-state index contributed by atoms with van der Waals surface area (Å²) in [5.74, 6) is 0.0457. The molecular weight excluding hydrogens is 425 g/mol. The molecule has 1 amide bonds. The Labute approximate surface area is 153 Å². The molecule has 0 aliphatic heterocycles. The second kappa shape index (κ2) is 8.53. The highest BCUT2D eigenvalue weighted by molar-refractivity contribution is 14.1. The number of carbonyl (C=O) groups excluding carboxylic acids is 2. The van der Waals surface area contributed by atoms with Gasteiger partial charge in [0.2, 0.25) is 0 Å². The van der Waals surface area contributed by atoms with E-state index in [9.17, 15) is 9.59 Å². The number of hydrogen-bond acceptors (Lipinski definition) is 5. The molecule has 0 radical (unpaired) electrons. The lowest BCUT2D eigenvalue weighted by molar-refractivity contribution is -0.119. The third-order valence-corrected chi connectivity index (χ3v) is 3.75. The number of nitrogens with one attached hydrogen (secondary N) is 1. The Morgan fingerprint density at radius 3 is 2.54 bits per heavy atom. The molecule has 0 aliphatic rings. The van der Waals surface area contributed by atoms with Gasteiger partial charge in [0, 0.05) is 9.64 Å². The van der Waals surface area contributed by atoms with Crippen LogP contribution in [0, 0.1) is 3.57 Å². The summed E-state index contributed by atoms with van der Waals surface area (Å²) in [7, 11) is 3.03. The fraction of sp³-hybridized carbons (Fsp3) is 0.176. The number of esters is 1. The van der Waals surface area contributed by atoms with Crippen molar-refractivity contribution in [3.05, 3.63) is 51.6 Å². The summed E-state index contributed by atoms with van der Waals surface area (Å²) in [5, 5.41) is 2.63. The van der Waals surface area contributed by atoms with E-state index < -0.39 is 11.9 Å². The van der Waals surface area contributed by atoms with Crippen LogP contribution in [0.5, 0.6) is 11.5 Å². The fourth-order valence-electron chi connectivity index (χ4n) is 1.92. The molecule has 24 heavy (non-hydrogen) atoms. The smallest absolute Gasteiger partial charge is 0.338 e. The standard InChI is InChI=1S/C17H16INO5/c1-22-13-6-7-14(15(9-13)23-2)19-16(20)10-24-17(21)11-4-3-5-12(18)8-11/h3-9H,10H2,1-2H3,(H,19,20). The second-order valence-electron chi connectivity index (χ2n) is 4.70. The molecule has 0 saturated heterocycles. The Kier molecular flexibility index (Phi) is 6.42. The van der Waals surface area contributed by atoms with Gasteiger partial charge in [-0.3, -0.25) is 4.79 Å². The molecule has 6 nitrogen and oxygen atoms in total. The van der Waals surface area contributed by atoms with Crippen LogP contribution in [0.4, 0.5) is 5.69 Å². The van der Waals surface area contributed by atoms with E-state index in [1.165, 1.54) is 14.2 Å². The van der Waals surface area contributed by atoms with Crippen molar-refractivity contribution in [2.45, 2.75) is 0 Å². The average Bonchev–Trinajstić information content (AvgIpc) is 2.60. The number of rotatable bonds is 6. The maximum absolute atomic E-state index is 12.0. The Hall–Kier alpha value is -2.29. The van der Waals surface area contributed by atoms with Gasteiger partial charge in [-0.05, 0) is 52.9 Å². The van der Waals surface area contributed by atoms with Crippen LogP contribution < -0.4 is 14.8 Å². The first-order valence-corrected chi connectivity index (χ1v) is 8.06. The molecule has 0 atom stereocenters. The van der Waals surface area contributed by atoms with E-state index in [-0.39, 0.29) is 6.61 Å². The van der Waals surface area contributed by atoms with E-state index in [2.05, 4.69) is 27.9 Å². The van der Waals surface area contributed by atoms with Crippen molar-refractivity contribution in [1.29, 1.82) is 0 Å². The van der Waals surface area contributed by atoms with E-state index >= 15 is 0 Å². The molecule has 2 aromatic rings. The largest absolute Gasteiger partial charge is 0.497 e. The van der Waals surface area contributed by atoms with E-state index in [0.29, 0.717) is 22.7 Å². The van der Waals surface area contributed by atoms with Crippen LogP contribution in [0.15, 0.2) is 42.5 Å². The van der Waals surface area contributed by atoms with Crippen LogP contribution in [-0.4, -0.2) is 32.7 Å². The third-order valence-electron chi connectivity index (χ3n) is 3.08. The minimum atomic E-state index is -0.551. The first-order chi connectivity index (χ1) is 11.5. The molecule has 0 unspecified atom stereocenters. The van der Waals surface area contributed by atoms with Gasteiger partial charge in [-0.1, -0.05) is 6.07 Å². The summed E-state index contributed by atoms with van der Waals surface area (Å²) in [5.41, 5.74) is 0.866. The Bertz CT molecular complexity index is 748. The molecule has 0 bridgehead atoms. The summed E-state index contributed by atoms with van der Waals surface area (Å²) in [6.45, 7) is -0.389. The third kappa shape index (κ3) is 4.85. The quantitative estimate of drug-likeness (QED) is 0.551. The van der Waals surface area contributed by atoms with Gasteiger partial charge in [0.05, 0.1) is 25.5 Å². The monoisotopic (exact) mass is 441 g/mol. The van der Waals surface area contributed by atoms with Crippen molar-refractivity contribution in [3.8, 4) is 11.5 Å². The van der Waals surface area contributed by atoms with E-state index in [0.717, 1.165) is 3.57 Å².